The SMILES string of the molecule is c1ccc(CN2C[C@H]3CN(c4ccc(-n5cncn5)nn4)C[C@@H]3C2)cc1. The van der Waals surface area contributed by atoms with Gasteiger partial charge in [0.15, 0.2) is 11.6 Å². The molecule has 0 radical (unpaired) electrons. The minimum atomic E-state index is 0.694. The zero-order valence-electron chi connectivity index (χ0n) is 14.5. The van der Waals surface area contributed by atoms with E-state index < -0.39 is 0 Å². The van der Waals surface area contributed by atoms with Gasteiger partial charge in [0, 0.05) is 32.7 Å². The molecule has 1 aromatic carbocycles. The van der Waals surface area contributed by atoms with Gasteiger partial charge in [-0.25, -0.2) is 9.67 Å². The van der Waals surface area contributed by atoms with E-state index in [9.17, 15) is 0 Å². The Bertz CT molecular complexity index is 833. The van der Waals surface area contributed by atoms with E-state index >= 15 is 0 Å². The fourth-order valence-corrected chi connectivity index (χ4v) is 4.18. The van der Waals surface area contributed by atoms with Crippen molar-refractivity contribution in [3.05, 3.63) is 60.7 Å². The molecule has 26 heavy (non-hydrogen) atoms. The Hall–Kier alpha value is -2.80. The molecular weight excluding hydrogens is 326 g/mol. The van der Waals surface area contributed by atoms with Gasteiger partial charge >= 0.3 is 0 Å². The van der Waals surface area contributed by atoms with Crippen molar-refractivity contribution in [2.75, 3.05) is 31.1 Å². The summed E-state index contributed by atoms with van der Waals surface area (Å²) in [6, 6.07) is 14.7. The number of benzene rings is 1. The highest BCUT2D eigenvalue weighted by Crippen LogP contribution is 2.33. The Morgan fingerprint density at radius 1 is 0.846 bits per heavy atom. The van der Waals surface area contributed by atoms with Gasteiger partial charge < -0.3 is 4.90 Å². The lowest BCUT2D eigenvalue weighted by Crippen LogP contribution is -2.29. The number of fused-ring (bicyclic) bond motifs is 1. The van der Waals surface area contributed by atoms with Crippen LogP contribution in [0.4, 0.5) is 5.82 Å². The zero-order valence-corrected chi connectivity index (χ0v) is 14.5. The van der Waals surface area contributed by atoms with Crippen LogP contribution in [0.15, 0.2) is 55.1 Å². The summed E-state index contributed by atoms with van der Waals surface area (Å²) in [5.74, 6) is 3.09. The van der Waals surface area contributed by atoms with Crippen LogP contribution in [-0.4, -0.2) is 56.0 Å². The molecular formula is C19H21N7. The first kappa shape index (κ1) is 15.5. The Morgan fingerprint density at radius 2 is 1.58 bits per heavy atom. The van der Waals surface area contributed by atoms with Crippen LogP contribution in [0.2, 0.25) is 0 Å². The van der Waals surface area contributed by atoms with Gasteiger partial charge in [-0.15, -0.1) is 10.2 Å². The predicted octanol–water partition coefficient (Wildman–Crippen LogP) is 1.63. The van der Waals surface area contributed by atoms with Crippen LogP contribution < -0.4 is 4.90 Å². The van der Waals surface area contributed by atoms with E-state index in [1.54, 1.807) is 11.0 Å². The van der Waals surface area contributed by atoms with Gasteiger partial charge in [-0.1, -0.05) is 30.3 Å². The van der Waals surface area contributed by atoms with Crippen LogP contribution in [0, 0.1) is 11.8 Å². The quantitative estimate of drug-likeness (QED) is 0.715. The van der Waals surface area contributed by atoms with Crippen molar-refractivity contribution in [2.24, 2.45) is 11.8 Å². The largest absolute Gasteiger partial charge is 0.354 e. The minimum absolute atomic E-state index is 0.694. The van der Waals surface area contributed by atoms with E-state index in [1.807, 2.05) is 12.1 Å². The van der Waals surface area contributed by atoms with Crippen molar-refractivity contribution >= 4 is 5.82 Å². The smallest absolute Gasteiger partial charge is 0.177 e. The van der Waals surface area contributed by atoms with Crippen LogP contribution in [-0.2, 0) is 6.54 Å². The highest BCUT2D eigenvalue weighted by atomic mass is 15.4. The maximum atomic E-state index is 4.40. The van der Waals surface area contributed by atoms with Crippen molar-refractivity contribution in [3.8, 4) is 5.82 Å². The maximum absolute atomic E-state index is 4.40. The first-order valence-electron chi connectivity index (χ1n) is 9.05. The lowest BCUT2D eigenvalue weighted by molar-refractivity contribution is 0.309. The van der Waals surface area contributed by atoms with E-state index in [1.165, 1.54) is 25.0 Å². The van der Waals surface area contributed by atoms with Crippen molar-refractivity contribution in [1.82, 2.24) is 29.9 Å². The van der Waals surface area contributed by atoms with Crippen molar-refractivity contribution in [1.29, 1.82) is 0 Å². The second-order valence-electron chi connectivity index (χ2n) is 7.19. The van der Waals surface area contributed by atoms with Crippen LogP contribution in [0.3, 0.4) is 0 Å². The van der Waals surface area contributed by atoms with E-state index in [0.29, 0.717) is 5.82 Å². The number of aromatic nitrogens is 5. The molecule has 7 heteroatoms. The first-order valence-corrected chi connectivity index (χ1v) is 9.05. The Kier molecular flexibility index (Phi) is 3.86. The normalized spacial score (nSPS) is 22.7. The third kappa shape index (κ3) is 2.94. The minimum Gasteiger partial charge on any atom is -0.354 e. The molecule has 0 aliphatic carbocycles. The van der Waals surface area contributed by atoms with Gasteiger partial charge in [0.05, 0.1) is 0 Å². The van der Waals surface area contributed by atoms with Crippen molar-refractivity contribution in [3.63, 3.8) is 0 Å². The molecule has 0 bridgehead atoms. The summed E-state index contributed by atoms with van der Waals surface area (Å²) in [4.78, 5) is 8.90. The molecule has 2 aliphatic heterocycles. The standard InChI is InChI=1S/C19H21N7/c1-2-4-15(5-3-1)8-24-9-16-11-25(12-17(16)10-24)18-6-7-19(23-22-18)26-14-20-13-21-26/h1-7,13-14,16-17H,8-12H2/t16-,17-/m0/s1. The lowest BCUT2D eigenvalue weighted by atomic mass is 10.0. The molecule has 0 spiro atoms. The molecule has 0 amide bonds. The number of hydrogen-bond donors (Lipinski definition) is 0. The number of likely N-dealkylation sites (tertiary alicyclic amines) is 1. The second-order valence-corrected chi connectivity index (χ2v) is 7.19. The summed E-state index contributed by atoms with van der Waals surface area (Å²) in [5, 5.41) is 12.8. The Balaban J connectivity index is 1.21. The van der Waals surface area contributed by atoms with Gasteiger partial charge in [-0.3, -0.25) is 4.90 Å². The van der Waals surface area contributed by atoms with E-state index in [-0.39, 0.29) is 0 Å². The van der Waals surface area contributed by atoms with Gasteiger partial charge in [0.25, 0.3) is 0 Å². The number of nitrogens with zero attached hydrogens (tertiary/aromatic N) is 7. The molecule has 2 atom stereocenters. The highest BCUT2D eigenvalue weighted by Gasteiger charge is 2.40. The molecule has 4 heterocycles. The summed E-state index contributed by atoms with van der Waals surface area (Å²) >= 11 is 0. The van der Waals surface area contributed by atoms with Crippen molar-refractivity contribution in [2.45, 2.75) is 6.54 Å². The number of rotatable bonds is 4. The monoisotopic (exact) mass is 347 g/mol. The summed E-state index contributed by atoms with van der Waals surface area (Å²) in [5.41, 5.74) is 1.40. The van der Waals surface area contributed by atoms with Gasteiger partial charge in [-0.2, -0.15) is 5.10 Å². The molecule has 2 aromatic heterocycles. The second kappa shape index (κ2) is 6.49. The maximum Gasteiger partial charge on any atom is 0.177 e. The average Bonchev–Trinajstić information content (AvgIpc) is 3.39. The average molecular weight is 347 g/mol. The molecule has 7 nitrogen and oxygen atoms in total. The highest BCUT2D eigenvalue weighted by molar-refractivity contribution is 5.41. The topological polar surface area (TPSA) is 63.0 Å². The zero-order chi connectivity index (χ0) is 17.3. The molecule has 132 valence electrons. The molecule has 0 N–H and O–H groups in total. The summed E-state index contributed by atoms with van der Waals surface area (Å²) < 4.78 is 1.62. The van der Waals surface area contributed by atoms with Crippen LogP contribution in [0.25, 0.3) is 5.82 Å². The molecule has 2 saturated heterocycles. The number of hydrogen-bond acceptors (Lipinski definition) is 6. The van der Waals surface area contributed by atoms with Gasteiger partial charge in [-0.05, 0) is 29.5 Å². The molecule has 2 fully saturated rings. The molecule has 3 aromatic rings. The molecule has 5 rings (SSSR count). The van der Waals surface area contributed by atoms with Gasteiger partial charge in [0.2, 0.25) is 0 Å². The lowest BCUT2D eigenvalue weighted by Gasteiger charge is -2.22. The summed E-state index contributed by atoms with van der Waals surface area (Å²) in [6.07, 6.45) is 3.13. The van der Waals surface area contributed by atoms with Crippen LogP contribution in [0.5, 0.6) is 0 Å². The number of anilines is 1. The Morgan fingerprint density at radius 3 is 2.23 bits per heavy atom. The van der Waals surface area contributed by atoms with E-state index in [2.05, 4.69) is 60.4 Å². The van der Waals surface area contributed by atoms with E-state index in [0.717, 1.165) is 37.3 Å². The fraction of sp³-hybridized carbons (Fsp3) is 0.368. The molecule has 0 saturated carbocycles. The van der Waals surface area contributed by atoms with E-state index in [4.69, 9.17) is 0 Å². The molecule has 0 unspecified atom stereocenters. The van der Waals surface area contributed by atoms with Crippen LogP contribution in [0.1, 0.15) is 5.56 Å². The summed E-state index contributed by atoms with van der Waals surface area (Å²) in [6.45, 7) is 5.52. The summed E-state index contributed by atoms with van der Waals surface area (Å²) in [7, 11) is 0. The fourth-order valence-electron chi connectivity index (χ4n) is 4.18. The first-order chi connectivity index (χ1) is 12.8. The predicted molar refractivity (Wildman–Crippen MR) is 97.9 cm³/mol. The molecule has 2 aliphatic rings. The third-order valence-electron chi connectivity index (χ3n) is 5.42. The third-order valence-corrected chi connectivity index (χ3v) is 5.42. The van der Waals surface area contributed by atoms with Crippen molar-refractivity contribution < 1.29 is 0 Å². The van der Waals surface area contributed by atoms with Gasteiger partial charge in [0.1, 0.15) is 12.7 Å². The Labute approximate surface area is 152 Å². The van der Waals surface area contributed by atoms with Crippen LogP contribution >= 0.6 is 0 Å².